The minimum absolute atomic E-state index is 0.0434. The lowest BCUT2D eigenvalue weighted by molar-refractivity contribution is 0.265. The van der Waals surface area contributed by atoms with Crippen LogP contribution >= 0.6 is 0 Å². The maximum absolute atomic E-state index is 9.88. The monoisotopic (exact) mass is 263 g/mol. The van der Waals surface area contributed by atoms with E-state index in [-0.39, 0.29) is 17.5 Å². The van der Waals surface area contributed by atoms with Gasteiger partial charge in [0, 0.05) is 12.1 Å². The highest BCUT2D eigenvalue weighted by Crippen LogP contribution is 2.34. The van der Waals surface area contributed by atoms with Crippen molar-refractivity contribution < 1.29 is 10.2 Å². The summed E-state index contributed by atoms with van der Waals surface area (Å²) >= 11 is 0. The smallest absolute Gasteiger partial charge is 0.124 e. The number of aromatic hydroxyl groups is 2. The van der Waals surface area contributed by atoms with Crippen LogP contribution in [0, 0.1) is 5.92 Å². The Kier molecular flexibility index (Phi) is 4.70. The molecule has 0 saturated heterocycles. The molecule has 2 atom stereocenters. The molecule has 0 amide bonds. The summed E-state index contributed by atoms with van der Waals surface area (Å²) in [4.78, 5) is 0. The Labute approximate surface area is 115 Å². The highest BCUT2D eigenvalue weighted by atomic mass is 16.3. The Morgan fingerprint density at radius 2 is 1.63 bits per heavy atom. The predicted molar refractivity (Wildman–Crippen MR) is 77.4 cm³/mol. The van der Waals surface area contributed by atoms with Gasteiger partial charge in [-0.2, -0.15) is 0 Å². The molecule has 2 rings (SSSR count). The van der Waals surface area contributed by atoms with Crippen molar-refractivity contribution in [2.24, 2.45) is 5.92 Å². The van der Waals surface area contributed by atoms with Gasteiger partial charge in [0.25, 0.3) is 0 Å². The first-order valence-electron chi connectivity index (χ1n) is 7.36. The van der Waals surface area contributed by atoms with Crippen molar-refractivity contribution in [2.75, 3.05) is 0 Å². The van der Waals surface area contributed by atoms with Crippen LogP contribution in [0.3, 0.4) is 0 Å². The summed E-state index contributed by atoms with van der Waals surface area (Å²) in [5, 5.41) is 23.3. The number of benzene rings is 1. The van der Waals surface area contributed by atoms with Crippen molar-refractivity contribution in [1.29, 1.82) is 0 Å². The van der Waals surface area contributed by atoms with Crippen LogP contribution < -0.4 is 5.32 Å². The highest BCUT2D eigenvalue weighted by molar-refractivity contribution is 5.44. The summed E-state index contributed by atoms with van der Waals surface area (Å²) in [6, 6.07) is 5.27. The molecule has 106 valence electrons. The molecule has 2 unspecified atom stereocenters. The number of hydrogen-bond donors (Lipinski definition) is 3. The van der Waals surface area contributed by atoms with E-state index >= 15 is 0 Å². The molecule has 1 aromatic rings. The third-order valence-electron chi connectivity index (χ3n) is 4.36. The molecule has 0 aliphatic heterocycles. The largest absolute Gasteiger partial charge is 0.507 e. The second-order valence-corrected chi connectivity index (χ2v) is 5.79. The standard InChI is InChI=1S/C16H25NO2/c1-11(13-7-4-3-5-8-13)17-12(2)16-14(18)9-6-10-15(16)19/h6,9-13,17-19H,3-5,7-8H2,1-2H3. The molecule has 19 heavy (non-hydrogen) atoms. The Balaban J connectivity index is 2.01. The lowest BCUT2D eigenvalue weighted by Crippen LogP contribution is -2.36. The number of phenolic OH excluding ortho intramolecular Hbond substituents is 2. The number of phenols is 2. The van der Waals surface area contributed by atoms with E-state index in [1.807, 2.05) is 6.92 Å². The van der Waals surface area contributed by atoms with Gasteiger partial charge >= 0.3 is 0 Å². The van der Waals surface area contributed by atoms with E-state index in [0.29, 0.717) is 17.5 Å². The van der Waals surface area contributed by atoms with Crippen LogP contribution in [0.1, 0.15) is 57.6 Å². The van der Waals surface area contributed by atoms with Gasteiger partial charge in [0.15, 0.2) is 0 Å². The lowest BCUT2D eigenvalue weighted by atomic mass is 9.84. The second kappa shape index (κ2) is 6.29. The molecule has 1 aliphatic rings. The van der Waals surface area contributed by atoms with Crippen LogP contribution in [0.5, 0.6) is 11.5 Å². The minimum atomic E-state index is -0.0434. The first kappa shape index (κ1) is 14.2. The maximum Gasteiger partial charge on any atom is 0.124 e. The van der Waals surface area contributed by atoms with Crippen molar-refractivity contribution >= 4 is 0 Å². The Morgan fingerprint density at radius 1 is 1.05 bits per heavy atom. The van der Waals surface area contributed by atoms with Crippen LogP contribution in [0.25, 0.3) is 0 Å². The van der Waals surface area contributed by atoms with E-state index in [4.69, 9.17) is 0 Å². The first-order valence-corrected chi connectivity index (χ1v) is 7.36. The average molecular weight is 263 g/mol. The van der Waals surface area contributed by atoms with E-state index in [1.165, 1.54) is 32.1 Å². The summed E-state index contributed by atoms with van der Waals surface area (Å²) in [6.45, 7) is 4.21. The molecule has 0 bridgehead atoms. The van der Waals surface area contributed by atoms with Crippen LogP contribution in [0.15, 0.2) is 18.2 Å². The fourth-order valence-corrected chi connectivity index (χ4v) is 3.23. The van der Waals surface area contributed by atoms with E-state index < -0.39 is 0 Å². The Morgan fingerprint density at radius 3 is 2.21 bits per heavy atom. The van der Waals surface area contributed by atoms with Crippen LogP contribution in [0.2, 0.25) is 0 Å². The SMILES string of the molecule is CC(NC(C)C1CCCCC1)c1c(O)cccc1O. The summed E-state index contributed by atoms with van der Waals surface area (Å²) in [6.07, 6.45) is 6.58. The third-order valence-corrected chi connectivity index (χ3v) is 4.36. The van der Waals surface area contributed by atoms with Gasteiger partial charge < -0.3 is 15.5 Å². The van der Waals surface area contributed by atoms with Crippen molar-refractivity contribution in [3.63, 3.8) is 0 Å². The zero-order valence-electron chi connectivity index (χ0n) is 11.9. The van der Waals surface area contributed by atoms with E-state index in [0.717, 1.165) is 0 Å². The van der Waals surface area contributed by atoms with Crippen molar-refractivity contribution in [3.05, 3.63) is 23.8 Å². The molecule has 0 spiro atoms. The van der Waals surface area contributed by atoms with Crippen molar-refractivity contribution in [1.82, 2.24) is 5.32 Å². The summed E-state index contributed by atoms with van der Waals surface area (Å²) in [7, 11) is 0. The predicted octanol–water partition coefficient (Wildman–Crippen LogP) is 3.72. The average Bonchev–Trinajstić information content (AvgIpc) is 2.39. The molecule has 3 N–H and O–H groups in total. The molecule has 1 aliphatic carbocycles. The molecular weight excluding hydrogens is 238 g/mol. The molecule has 1 fully saturated rings. The zero-order valence-corrected chi connectivity index (χ0v) is 11.9. The normalized spacial score (nSPS) is 20.1. The molecule has 3 heteroatoms. The van der Waals surface area contributed by atoms with Gasteiger partial charge in [0.1, 0.15) is 11.5 Å². The fourth-order valence-electron chi connectivity index (χ4n) is 3.23. The number of hydrogen-bond acceptors (Lipinski definition) is 3. The van der Waals surface area contributed by atoms with Gasteiger partial charge in [-0.05, 0) is 44.7 Å². The Bertz CT molecular complexity index is 393. The summed E-state index contributed by atoms with van der Waals surface area (Å²) < 4.78 is 0. The van der Waals surface area contributed by atoms with Gasteiger partial charge in [-0.3, -0.25) is 0 Å². The summed E-state index contributed by atoms with van der Waals surface area (Å²) in [5.74, 6) is 1.04. The summed E-state index contributed by atoms with van der Waals surface area (Å²) in [5.41, 5.74) is 0.602. The maximum atomic E-state index is 9.88. The van der Waals surface area contributed by atoms with Crippen LogP contribution in [-0.4, -0.2) is 16.3 Å². The van der Waals surface area contributed by atoms with E-state index in [1.54, 1.807) is 18.2 Å². The quantitative estimate of drug-likeness (QED) is 0.776. The molecule has 0 radical (unpaired) electrons. The lowest BCUT2D eigenvalue weighted by Gasteiger charge is -2.31. The van der Waals surface area contributed by atoms with Crippen molar-refractivity contribution in [3.8, 4) is 11.5 Å². The fraction of sp³-hybridized carbons (Fsp3) is 0.625. The third kappa shape index (κ3) is 3.41. The molecule has 1 aromatic carbocycles. The molecular formula is C16H25NO2. The van der Waals surface area contributed by atoms with Gasteiger partial charge in [0.2, 0.25) is 0 Å². The second-order valence-electron chi connectivity index (χ2n) is 5.79. The molecule has 0 heterocycles. The van der Waals surface area contributed by atoms with Gasteiger partial charge in [0.05, 0.1) is 5.56 Å². The van der Waals surface area contributed by atoms with E-state index in [2.05, 4.69) is 12.2 Å². The number of nitrogens with one attached hydrogen (secondary N) is 1. The van der Waals surface area contributed by atoms with Crippen molar-refractivity contribution in [2.45, 2.75) is 58.0 Å². The van der Waals surface area contributed by atoms with Gasteiger partial charge in [-0.25, -0.2) is 0 Å². The van der Waals surface area contributed by atoms with E-state index in [9.17, 15) is 10.2 Å². The first-order chi connectivity index (χ1) is 9.09. The van der Waals surface area contributed by atoms with Gasteiger partial charge in [-0.1, -0.05) is 25.3 Å². The van der Waals surface area contributed by atoms with Gasteiger partial charge in [-0.15, -0.1) is 0 Å². The highest BCUT2D eigenvalue weighted by Gasteiger charge is 2.23. The minimum Gasteiger partial charge on any atom is -0.507 e. The molecule has 0 aromatic heterocycles. The van der Waals surface area contributed by atoms with Crippen LogP contribution in [0.4, 0.5) is 0 Å². The topological polar surface area (TPSA) is 52.5 Å². The molecule has 1 saturated carbocycles. The zero-order chi connectivity index (χ0) is 13.8. The molecule has 3 nitrogen and oxygen atoms in total. The van der Waals surface area contributed by atoms with Crippen LogP contribution in [-0.2, 0) is 0 Å². The number of rotatable bonds is 4. The Hall–Kier alpha value is -1.22.